The number of rotatable bonds is 2. The summed E-state index contributed by atoms with van der Waals surface area (Å²) in [6.07, 6.45) is 0. The van der Waals surface area contributed by atoms with Crippen LogP contribution in [0, 0.1) is 0 Å². The number of alkyl halides is 1. The van der Waals surface area contributed by atoms with Gasteiger partial charge in [-0.2, -0.15) is 0 Å². The second kappa shape index (κ2) is 4.31. The second-order valence-corrected chi connectivity index (χ2v) is 6.96. The first-order valence-corrected chi connectivity index (χ1v) is 7.20. The Bertz CT molecular complexity index is 243. The molecule has 0 aromatic heterocycles. The Morgan fingerprint density at radius 2 is 1.67 bits per heavy atom. The Balaban J connectivity index is 2.82. The van der Waals surface area contributed by atoms with Crippen molar-refractivity contribution < 1.29 is 0 Å². The molecule has 0 saturated carbocycles. The first-order valence-electron chi connectivity index (χ1n) is 3.81. The number of halogens is 2. The second-order valence-electron chi connectivity index (χ2n) is 2.99. The van der Waals surface area contributed by atoms with E-state index < -0.39 is 8.80 Å². The minimum atomic E-state index is -0.455. The van der Waals surface area contributed by atoms with Crippen molar-refractivity contribution in [1.29, 1.82) is 0 Å². The Labute approximate surface area is 85.1 Å². The summed E-state index contributed by atoms with van der Waals surface area (Å²) in [7, 11) is -0.455. The lowest BCUT2D eigenvalue weighted by Crippen LogP contribution is -2.09. The van der Waals surface area contributed by atoms with E-state index in [4.69, 9.17) is 23.2 Å². The zero-order chi connectivity index (χ0) is 9.14. The maximum atomic E-state index is 6.20. The molecule has 1 unspecified atom stereocenters. The minimum absolute atomic E-state index is 0.187. The summed E-state index contributed by atoms with van der Waals surface area (Å²) in [5.74, 6) is 0. The smallest absolute Gasteiger partial charge is 0.0695 e. The van der Waals surface area contributed by atoms with E-state index in [-0.39, 0.29) is 5.00 Å². The first kappa shape index (κ1) is 10.1. The van der Waals surface area contributed by atoms with Crippen molar-refractivity contribution in [2.24, 2.45) is 0 Å². The third-order valence-corrected chi connectivity index (χ3v) is 4.83. The van der Waals surface area contributed by atoms with Crippen molar-refractivity contribution in [2.75, 3.05) is 0 Å². The van der Waals surface area contributed by atoms with Crippen molar-refractivity contribution in [3.05, 3.63) is 34.9 Å². The lowest BCUT2D eigenvalue weighted by atomic mass is 10.2. The van der Waals surface area contributed by atoms with Gasteiger partial charge in [0.05, 0.1) is 8.80 Å². The zero-order valence-corrected chi connectivity index (χ0v) is 9.65. The SMILES string of the molecule is C[Si](C)C(Cl)c1ccc(Cl)cc1. The normalized spacial score (nSPS) is 13.4. The van der Waals surface area contributed by atoms with E-state index in [1.807, 2.05) is 24.3 Å². The lowest BCUT2D eigenvalue weighted by Gasteiger charge is -2.11. The molecule has 0 saturated heterocycles. The largest absolute Gasteiger partial charge is 0.122 e. The molecule has 12 heavy (non-hydrogen) atoms. The van der Waals surface area contributed by atoms with Crippen LogP contribution >= 0.6 is 23.2 Å². The predicted molar refractivity (Wildman–Crippen MR) is 57.5 cm³/mol. The highest BCUT2D eigenvalue weighted by molar-refractivity contribution is 6.66. The molecule has 0 heterocycles. The summed E-state index contributed by atoms with van der Waals surface area (Å²) in [5.41, 5.74) is 1.18. The minimum Gasteiger partial charge on any atom is -0.122 e. The summed E-state index contributed by atoms with van der Waals surface area (Å²) in [6.45, 7) is 4.41. The van der Waals surface area contributed by atoms with Crippen LogP contribution in [-0.4, -0.2) is 8.80 Å². The van der Waals surface area contributed by atoms with Crippen LogP contribution < -0.4 is 0 Å². The van der Waals surface area contributed by atoms with Gasteiger partial charge in [-0.05, 0) is 17.7 Å². The first-order chi connectivity index (χ1) is 5.61. The number of hydrogen-bond donors (Lipinski definition) is 0. The fourth-order valence-corrected chi connectivity index (χ4v) is 2.10. The highest BCUT2D eigenvalue weighted by Gasteiger charge is 2.12. The molecule has 1 atom stereocenters. The monoisotopic (exact) mass is 217 g/mol. The van der Waals surface area contributed by atoms with Gasteiger partial charge in [-0.15, -0.1) is 11.6 Å². The Hall–Kier alpha value is 0.0169. The van der Waals surface area contributed by atoms with Crippen molar-refractivity contribution in [3.63, 3.8) is 0 Å². The maximum Gasteiger partial charge on any atom is 0.0695 e. The molecule has 0 bridgehead atoms. The van der Waals surface area contributed by atoms with Crippen LogP contribution in [0.25, 0.3) is 0 Å². The maximum absolute atomic E-state index is 6.20. The molecular weight excluding hydrogens is 207 g/mol. The van der Waals surface area contributed by atoms with E-state index in [0.717, 1.165) is 5.02 Å². The van der Waals surface area contributed by atoms with Crippen LogP contribution in [0.5, 0.6) is 0 Å². The average molecular weight is 218 g/mol. The molecule has 1 rings (SSSR count). The van der Waals surface area contributed by atoms with Crippen LogP contribution in [0.2, 0.25) is 18.1 Å². The molecule has 65 valence electrons. The van der Waals surface area contributed by atoms with Crippen LogP contribution in [0.4, 0.5) is 0 Å². The highest BCUT2D eigenvalue weighted by Crippen LogP contribution is 2.24. The number of hydrogen-bond acceptors (Lipinski definition) is 0. The molecule has 0 aliphatic heterocycles. The van der Waals surface area contributed by atoms with Gasteiger partial charge in [0.2, 0.25) is 0 Å². The molecule has 0 fully saturated rings. The summed E-state index contributed by atoms with van der Waals surface area (Å²) in [5, 5.41) is 0.955. The van der Waals surface area contributed by atoms with Crippen LogP contribution in [0.3, 0.4) is 0 Å². The van der Waals surface area contributed by atoms with Crippen molar-refractivity contribution in [1.82, 2.24) is 0 Å². The fraction of sp³-hybridized carbons (Fsp3) is 0.333. The van der Waals surface area contributed by atoms with Gasteiger partial charge in [0.1, 0.15) is 0 Å². The summed E-state index contributed by atoms with van der Waals surface area (Å²) >= 11 is 12.0. The molecule has 0 aliphatic carbocycles. The zero-order valence-electron chi connectivity index (χ0n) is 7.14. The fourth-order valence-electron chi connectivity index (χ4n) is 0.965. The Morgan fingerprint density at radius 1 is 1.17 bits per heavy atom. The third kappa shape index (κ3) is 2.51. The van der Waals surface area contributed by atoms with Crippen LogP contribution in [0.15, 0.2) is 24.3 Å². The molecule has 1 radical (unpaired) electrons. The predicted octanol–water partition coefficient (Wildman–Crippen LogP) is 3.91. The molecule has 0 nitrogen and oxygen atoms in total. The quantitative estimate of drug-likeness (QED) is 0.521. The molecular formula is C9H11Cl2Si. The van der Waals surface area contributed by atoms with Gasteiger partial charge in [-0.3, -0.25) is 0 Å². The van der Waals surface area contributed by atoms with E-state index in [1.54, 1.807) is 0 Å². The van der Waals surface area contributed by atoms with Gasteiger partial charge >= 0.3 is 0 Å². The van der Waals surface area contributed by atoms with Gasteiger partial charge in [0, 0.05) is 10.0 Å². The molecule has 0 aliphatic rings. The van der Waals surface area contributed by atoms with E-state index >= 15 is 0 Å². The third-order valence-electron chi connectivity index (χ3n) is 1.67. The molecule has 1 aromatic rings. The molecule has 3 heteroatoms. The van der Waals surface area contributed by atoms with E-state index in [0.29, 0.717) is 0 Å². The van der Waals surface area contributed by atoms with Crippen molar-refractivity contribution in [3.8, 4) is 0 Å². The molecule has 1 aromatic carbocycles. The molecule has 0 N–H and O–H groups in total. The van der Waals surface area contributed by atoms with Crippen molar-refractivity contribution in [2.45, 2.75) is 18.1 Å². The van der Waals surface area contributed by atoms with Crippen LogP contribution in [0.1, 0.15) is 10.6 Å². The van der Waals surface area contributed by atoms with Gasteiger partial charge in [-0.1, -0.05) is 36.8 Å². The van der Waals surface area contributed by atoms with Gasteiger partial charge in [0.15, 0.2) is 0 Å². The number of benzene rings is 1. The van der Waals surface area contributed by atoms with Crippen LogP contribution in [-0.2, 0) is 0 Å². The summed E-state index contributed by atoms with van der Waals surface area (Å²) in [4.78, 5) is 0. The van der Waals surface area contributed by atoms with Gasteiger partial charge < -0.3 is 0 Å². The summed E-state index contributed by atoms with van der Waals surface area (Å²) in [6, 6.07) is 7.77. The van der Waals surface area contributed by atoms with E-state index in [2.05, 4.69) is 13.1 Å². The Kier molecular flexibility index (Phi) is 3.63. The van der Waals surface area contributed by atoms with Gasteiger partial charge in [0.25, 0.3) is 0 Å². The molecule has 0 amide bonds. The van der Waals surface area contributed by atoms with Gasteiger partial charge in [-0.25, -0.2) is 0 Å². The van der Waals surface area contributed by atoms with E-state index in [9.17, 15) is 0 Å². The van der Waals surface area contributed by atoms with E-state index in [1.165, 1.54) is 5.56 Å². The topological polar surface area (TPSA) is 0 Å². The summed E-state index contributed by atoms with van der Waals surface area (Å²) < 4.78 is 0. The lowest BCUT2D eigenvalue weighted by molar-refractivity contribution is 1.30. The van der Waals surface area contributed by atoms with Crippen molar-refractivity contribution >= 4 is 32.0 Å². The average Bonchev–Trinajstić information content (AvgIpc) is 2.04. The Morgan fingerprint density at radius 3 is 2.08 bits per heavy atom. The standard InChI is InChI=1S/C9H11Cl2Si/c1-12(2)9(11)7-3-5-8(10)6-4-7/h3-6,9H,1-2H3. The molecule has 0 spiro atoms. The highest BCUT2D eigenvalue weighted by atomic mass is 35.5.